The smallest absolute Gasteiger partial charge is 0.327 e. The first-order valence-corrected chi connectivity index (χ1v) is 6.92. The molecule has 114 valence electrons. The minimum Gasteiger partial charge on any atom is -0.480 e. The van der Waals surface area contributed by atoms with E-state index in [0.717, 1.165) is 16.7 Å². The van der Waals surface area contributed by atoms with Crippen LogP contribution >= 0.6 is 11.8 Å². The summed E-state index contributed by atoms with van der Waals surface area (Å²) in [6.07, 6.45) is -7.12. The average molecular weight is 307 g/mol. The van der Waals surface area contributed by atoms with Gasteiger partial charge in [-0.25, -0.2) is 4.79 Å². The number of carbonyl (C=O) groups excluding carboxylic acids is 1. The number of carboxylic acid groups (broad SMARTS) is 1. The molecule has 0 aromatic heterocycles. The average Bonchev–Trinajstić information content (AvgIpc) is 2.63. The number of carboxylic acids is 1. The summed E-state index contributed by atoms with van der Waals surface area (Å²) < 4.78 is -0.908. The first-order valence-electron chi connectivity index (χ1n) is 6.04. The van der Waals surface area contributed by atoms with Gasteiger partial charge in [-0.2, -0.15) is 0 Å². The van der Waals surface area contributed by atoms with Crippen molar-refractivity contribution in [1.82, 2.24) is 4.90 Å². The van der Waals surface area contributed by atoms with Crippen molar-refractivity contribution in [3.05, 3.63) is 0 Å². The van der Waals surface area contributed by atoms with Crippen molar-refractivity contribution in [3.8, 4) is 0 Å². The first kappa shape index (κ1) is 15.5. The third-order valence-corrected chi connectivity index (χ3v) is 5.27. The Bertz CT molecular complexity index is 442. The van der Waals surface area contributed by atoms with E-state index < -0.39 is 52.5 Å². The highest BCUT2D eigenvalue weighted by Gasteiger charge is 2.60. The maximum atomic E-state index is 12.1. The van der Waals surface area contributed by atoms with E-state index in [1.165, 1.54) is 0 Å². The van der Waals surface area contributed by atoms with Crippen molar-refractivity contribution in [2.24, 2.45) is 0 Å². The van der Waals surface area contributed by atoms with Crippen LogP contribution in [0.2, 0.25) is 0 Å². The molecule has 1 amide bonds. The van der Waals surface area contributed by atoms with Crippen LogP contribution in [0.1, 0.15) is 13.8 Å². The number of nitrogens with zero attached hydrogens (tertiary/aromatic N) is 1. The van der Waals surface area contributed by atoms with Gasteiger partial charge in [0.25, 0.3) is 5.91 Å². The summed E-state index contributed by atoms with van der Waals surface area (Å²) in [5, 5.41) is 47.4. The van der Waals surface area contributed by atoms with Gasteiger partial charge < -0.3 is 30.4 Å². The van der Waals surface area contributed by atoms with Crippen LogP contribution in [0, 0.1) is 0 Å². The molecule has 2 saturated heterocycles. The molecule has 0 saturated carbocycles. The number of hydrogen-bond donors (Lipinski definition) is 5. The molecule has 20 heavy (non-hydrogen) atoms. The SMILES string of the molecule is CC1(C)S[C@@H]2[C@H](O)[C@@H](O)[C@H](O)[C@H](O)C(=O)N2[C@H]1C(=O)O. The zero-order valence-electron chi connectivity index (χ0n) is 10.9. The highest BCUT2D eigenvalue weighted by molar-refractivity contribution is 8.01. The Kier molecular flexibility index (Phi) is 3.76. The molecule has 2 rings (SSSR count). The Morgan fingerprint density at radius 3 is 2.20 bits per heavy atom. The van der Waals surface area contributed by atoms with Gasteiger partial charge in [-0.15, -0.1) is 11.8 Å². The molecule has 2 heterocycles. The maximum absolute atomic E-state index is 12.1. The van der Waals surface area contributed by atoms with E-state index >= 15 is 0 Å². The van der Waals surface area contributed by atoms with Crippen molar-refractivity contribution in [1.29, 1.82) is 0 Å². The molecule has 8 nitrogen and oxygen atoms in total. The van der Waals surface area contributed by atoms with E-state index in [4.69, 9.17) is 0 Å². The van der Waals surface area contributed by atoms with Crippen molar-refractivity contribution in [2.75, 3.05) is 0 Å². The summed E-state index contributed by atoms with van der Waals surface area (Å²) in [4.78, 5) is 24.4. The fourth-order valence-electron chi connectivity index (χ4n) is 2.67. The van der Waals surface area contributed by atoms with Gasteiger partial charge in [-0.05, 0) is 13.8 Å². The second-order valence-electron chi connectivity index (χ2n) is 5.51. The van der Waals surface area contributed by atoms with E-state index in [1.807, 2.05) is 0 Å². The topological polar surface area (TPSA) is 139 Å². The molecule has 0 spiro atoms. The van der Waals surface area contributed by atoms with Crippen LogP contribution in [-0.2, 0) is 9.59 Å². The molecular weight excluding hydrogens is 290 g/mol. The number of hydrogen-bond acceptors (Lipinski definition) is 7. The Balaban J connectivity index is 2.49. The highest BCUT2D eigenvalue weighted by Crippen LogP contribution is 2.47. The highest BCUT2D eigenvalue weighted by atomic mass is 32.2. The third-order valence-electron chi connectivity index (χ3n) is 3.69. The lowest BCUT2D eigenvalue weighted by Gasteiger charge is -2.30. The largest absolute Gasteiger partial charge is 0.480 e. The molecule has 6 atom stereocenters. The summed E-state index contributed by atoms with van der Waals surface area (Å²) in [7, 11) is 0. The first-order chi connectivity index (χ1) is 9.09. The van der Waals surface area contributed by atoms with Gasteiger partial charge in [0.1, 0.15) is 29.7 Å². The zero-order valence-corrected chi connectivity index (χ0v) is 11.7. The minimum atomic E-state index is -1.97. The molecular formula is C11H17NO7S. The molecule has 0 aromatic carbocycles. The number of carbonyl (C=O) groups is 2. The predicted molar refractivity (Wildman–Crippen MR) is 67.8 cm³/mol. The standard InChI is InChI=1S/C11H17NO7S/c1-11(2)7(10(18)19)12-8(17)5(15)3(13)4(14)6(16)9(12)20-11/h3-7,9,13-16H,1-2H3,(H,18,19)/t3-,4-,5-,6+,7-,9+/m0/s1. The van der Waals surface area contributed by atoms with Gasteiger partial charge in [-0.1, -0.05) is 0 Å². The number of thioether (sulfide) groups is 1. The lowest BCUT2D eigenvalue weighted by molar-refractivity contribution is -0.157. The Labute approximate surface area is 119 Å². The molecule has 0 bridgehead atoms. The second kappa shape index (κ2) is 4.85. The second-order valence-corrected chi connectivity index (χ2v) is 7.29. The summed E-state index contributed by atoms with van der Waals surface area (Å²) in [6, 6.07) is -1.27. The molecule has 5 N–H and O–H groups in total. The summed E-state index contributed by atoms with van der Waals surface area (Å²) in [5.41, 5.74) is 0. The van der Waals surface area contributed by atoms with E-state index in [1.54, 1.807) is 13.8 Å². The van der Waals surface area contributed by atoms with E-state index in [0.29, 0.717) is 0 Å². The predicted octanol–water partition coefficient (Wildman–Crippen LogP) is -2.42. The normalized spacial score (nSPS) is 44.1. The van der Waals surface area contributed by atoms with E-state index in [9.17, 15) is 35.1 Å². The lowest BCUT2D eigenvalue weighted by Crippen LogP contribution is -2.54. The molecule has 0 aliphatic carbocycles. The van der Waals surface area contributed by atoms with Crippen LogP contribution in [0.15, 0.2) is 0 Å². The molecule has 2 aliphatic rings. The van der Waals surface area contributed by atoms with Gasteiger partial charge in [0.05, 0.1) is 0 Å². The third kappa shape index (κ3) is 2.09. The summed E-state index contributed by atoms with van der Waals surface area (Å²) in [5.74, 6) is -2.28. The van der Waals surface area contributed by atoms with Gasteiger partial charge in [-0.3, -0.25) is 4.79 Å². The minimum absolute atomic E-state index is 0.849. The summed E-state index contributed by atoms with van der Waals surface area (Å²) in [6.45, 7) is 3.19. The van der Waals surface area contributed by atoms with Gasteiger partial charge in [0.2, 0.25) is 0 Å². The fourth-order valence-corrected chi connectivity index (χ4v) is 4.28. The Morgan fingerprint density at radius 1 is 1.15 bits per heavy atom. The van der Waals surface area contributed by atoms with Crippen LogP contribution in [0.4, 0.5) is 0 Å². The van der Waals surface area contributed by atoms with Gasteiger partial charge in [0, 0.05) is 4.75 Å². The molecule has 2 fully saturated rings. The maximum Gasteiger partial charge on any atom is 0.327 e. The summed E-state index contributed by atoms with van der Waals surface area (Å²) >= 11 is 1.01. The Morgan fingerprint density at radius 2 is 1.70 bits per heavy atom. The van der Waals surface area contributed by atoms with Crippen molar-refractivity contribution < 1.29 is 35.1 Å². The van der Waals surface area contributed by atoms with Crippen molar-refractivity contribution in [2.45, 2.75) is 54.4 Å². The quantitative estimate of drug-likeness (QED) is 0.361. The number of aliphatic carboxylic acids is 1. The molecule has 9 heteroatoms. The van der Waals surface area contributed by atoms with E-state index in [-0.39, 0.29) is 0 Å². The monoisotopic (exact) mass is 307 g/mol. The van der Waals surface area contributed by atoms with Crippen molar-refractivity contribution >= 4 is 23.6 Å². The molecule has 2 aliphatic heterocycles. The van der Waals surface area contributed by atoms with Gasteiger partial charge in [0.15, 0.2) is 6.10 Å². The number of aliphatic hydroxyl groups excluding tert-OH is 4. The van der Waals surface area contributed by atoms with Gasteiger partial charge >= 0.3 is 5.97 Å². The van der Waals surface area contributed by atoms with E-state index in [2.05, 4.69) is 0 Å². The van der Waals surface area contributed by atoms with Crippen LogP contribution < -0.4 is 0 Å². The van der Waals surface area contributed by atoms with Crippen molar-refractivity contribution in [3.63, 3.8) is 0 Å². The lowest BCUT2D eigenvalue weighted by atomic mass is 10.0. The Hall–Kier alpha value is -0.870. The van der Waals surface area contributed by atoms with Crippen LogP contribution in [0.5, 0.6) is 0 Å². The zero-order chi connectivity index (χ0) is 15.4. The fraction of sp³-hybridized carbons (Fsp3) is 0.818. The van der Waals surface area contributed by atoms with Crippen LogP contribution in [0.25, 0.3) is 0 Å². The molecule has 0 radical (unpaired) electrons. The van der Waals surface area contributed by atoms with Crippen LogP contribution in [0.3, 0.4) is 0 Å². The molecule has 0 unspecified atom stereocenters. The van der Waals surface area contributed by atoms with Crippen LogP contribution in [-0.4, -0.2) is 82.9 Å². The number of amides is 1. The number of rotatable bonds is 1. The molecule has 0 aromatic rings. The number of aliphatic hydroxyl groups is 4. The number of fused-ring (bicyclic) bond motifs is 1.